The molecule has 176 valence electrons. The standard InChI is InChI=1S/C24H25N5O5/c1-13-14(2)28-29-24(13)27-23(30)11-18-20(31-3)8-15(12-26-18)34-19-6-7-25-17-10-22(33-5)21(32-4)9-16(17)19/h6-10,12H,11H2,1-5H3,(H2,27,28,29,30). The summed E-state index contributed by atoms with van der Waals surface area (Å²) in [5.74, 6) is 2.82. The van der Waals surface area contributed by atoms with E-state index in [1.807, 2.05) is 13.8 Å². The summed E-state index contributed by atoms with van der Waals surface area (Å²) in [7, 11) is 4.65. The van der Waals surface area contributed by atoms with Crippen LogP contribution in [0.15, 0.2) is 36.7 Å². The zero-order chi connectivity index (χ0) is 24.2. The first-order valence-electron chi connectivity index (χ1n) is 10.5. The van der Waals surface area contributed by atoms with E-state index < -0.39 is 0 Å². The SMILES string of the molecule is COc1cc2nccc(Oc3cnc(CC(=O)Nc4n[nH]c(C)c4C)c(OC)c3)c2cc1OC. The molecule has 10 heteroatoms. The molecule has 3 heterocycles. The van der Waals surface area contributed by atoms with Crippen LogP contribution in [0, 0.1) is 13.8 Å². The van der Waals surface area contributed by atoms with Crippen molar-refractivity contribution in [2.75, 3.05) is 26.6 Å². The predicted octanol–water partition coefficient (Wildman–Crippen LogP) is 3.97. The van der Waals surface area contributed by atoms with Crippen LogP contribution in [-0.4, -0.2) is 47.4 Å². The number of aromatic amines is 1. The molecule has 10 nitrogen and oxygen atoms in total. The maximum Gasteiger partial charge on any atom is 0.231 e. The average molecular weight is 463 g/mol. The Morgan fingerprint density at radius 3 is 2.38 bits per heavy atom. The zero-order valence-corrected chi connectivity index (χ0v) is 19.6. The molecule has 4 rings (SSSR count). The van der Waals surface area contributed by atoms with Crippen molar-refractivity contribution in [3.63, 3.8) is 0 Å². The highest BCUT2D eigenvalue weighted by Crippen LogP contribution is 2.37. The molecule has 2 N–H and O–H groups in total. The van der Waals surface area contributed by atoms with E-state index in [0.717, 1.165) is 16.6 Å². The van der Waals surface area contributed by atoms with Gasteiger partial charge in [0.25, 0.3) is 0 Å². The van der Waals surface area contributed by atoms with Crippen molar-refractivity contribution in [1.82, 2.24) is 20.2 Å². The number of aryl methyl sites for hydroxylation is 1. The topological polar surface area (TPSA) is 120 Å². The molecule has 0 radical (unpaired) electrons. The lowest BCUT2D eigenvalue weighted by atomic mass is 10.2. The minimum atomic E-state index is -0.254. The Morgan fingerprint density at radius 1 is 0.971 bits per heavy atom. The van der Waals surface area contributed by atoms with Crippen molar-refractivity contribution < 1.29 is 23.7 Å². The molecule has 0 bridgehead atoms. The number of pyridine rings is 2. The van der Waals surface area contributed by atoms with E-state index >= 15 is 0 Å². The van der Waals surface area contributed by atoms with Gasteiger partial charge in [0, 0.05) is 35.0 Å². The molecule has 1 aromatic carbocycles. The number of anilines is 1. The Balaban J connectivity index is 1.56. The van der Waals surface area contributed by atoms with Crippen LogP contribution < -0.4 is 24.3 Å². The van der Waals surface area contributed by atoms with Gasteiger partial charge in [0.2, 0.25) is 5.91 Å². The Morgan fingerprint density at radius 2 is 1.71 bits per heavy atom. The van der Waals surface area contributed by atoms with Crippen LogP contribution in [0.25, 0.3) is 10.9 Å². The van der Waals surface area contributed by atoms with E-state index in [4.69, 9.17) is 18.9 Å². The first-order valence-corrected chi connectivity index (χ1v) is 10.5. The highest BCUT2D eigenvalue weighted by molar-refractivity contribution is 5.92. The van der Waals surface area contributed by atoms with Gasteiger partial charge in [0.15, 0.2) is 17.3 Å². The van der Waals surface area contributed by atoms with Crippen LogP contribution in [0.3, 0.4) is 0 Å². The highest BCUT2D eigenvalue weighted by atomic mass is 16.5. The Bertz CT molecular complexity index is 1350. The molecule has 34 heavy (non-hydrogen) atoms. The molecule has 0 aliphatic rings. The number of aromatic nitrogens is 4. The third-order valence-electron chi connectivity index (χ3n) is 5.40. The smallest absolute Gasteiger partial charge is 0.231 e. The lowest BCUT2D eigenvalue weighted by Gasteiger charge is -2.13. The molecule has 0 unspecified atom stereocenters. The summed E-state index contributed by atoms with van der Waals surface area (Å²) < 4.78 is 22.3. The van der Waals surface area contributed by atoms with Crippen molar-refractivity contribution in [2.45, 2.75) is 20.3 Å². The molecule has 0 atom stereocenters. The maximum absolute atomic E-state index is 12.5. The lowest BCUT2D eigenvalue weighted by Crippen LogP contribution is -2.16. The zero-order valence-electron chi connectivity index (χ0n) is 19.6. The van der Waals surface area contributed by atoms with Crippen LogP contribution in [0.4, 0.5) is 5.82 Å². The predicted molar refractivity (Wildman–Crippen MR) is 126 cm³/mol. The summed E-state index contributed by atoms with van der Waals surface area (Å²) in [5.41, 5.74) is 2.94. The summed E-state index contributed by atoms with van der Waals surface area (Å²) in [4.78, 5) is 21.3. The lowest BCUT2D eigenvalue weighted by molar-refractivity contribution is -0.115. The fourth-order valence-electron chi connectivity index (χ4n) is 3.42. The molecule has 0 saturated carbocycles. The number of carbonyl (C=O) groups is 1. The third kappa shape index (κ3) is 4.56. The minimum Gasteiger partial charge on any atom is -0.495 e. The van der Waals surface area contributed by atoms with E-state index in [0.29, 0.717) is 45.8 Å². The number of benzene rings is 1. The average Bonchev–Trinajstić information content (AvgIpc) is 3.16. The molecule has 3 aromatic heterocycles. The summed E-state index contributed by atoms with van der Waals surface area (Å²) in [5, 5.41) is 10.5. The van der Waals surface area contributed by atoms with Gasteiger partial charge in [-0.05, 0) is 26.0 Å². The van der Waals surface area contributed by atoms with Crippen molar-refractivity contribution in [3.05, 3.63) is 53.6 Å². The molecular weight excluding hydrogens is 438 g/mol. The number of rotatable bonds is 8. The molecule has 4 aromatic rings. The highest BCUT2D eigenvalue weighted by Gasteiger charge is 2.16. The van der Waals surface area contributed by atoms with Gasteiger partial charge in [-0.2, -0.15) is 5.10 Å². The van der Waals surface area contributed by atoms with Gasteiger partial charge < -0.3 is 24.3 Å². The number of ether oxygens (including phenoxy) is 4. The molecule has 0 aliphatic carbocycles. The fraction of sp³-hybridized carbons (Fsp3) is 0.250. The molecule has 1 amide bonds. The summed E-state index contributed by atoms with van der Waals surface area (Å²) in [6.07, 6.45) is 3.21. The van der Waals surface area contributed by atoms with Crippen LogP contribution in [0.2, 0.25) is 0 Å². The van der Waals surface area contributed by atoms with E-state index in [-0.39, 0.29) is 12.3 Å². The molecule has 0 saturated heterocycles. The molecule has 0 spiro atoms. The Kier molecular flexibility index (Phi) is 6.48. The van der Waals surface area contributed by atoms with E-state index in [9.17, 15) is 4.79 Å². The summed E-state index contributed by atoms with van der Waals surface area (Å²) >= 11 is 0. The normalized spacial score (nSPS) is 10.7. The maximum atomic E-state index is 12.5. The van der Waals surface area contributed by atoms with Crippen molar-refractivity contribution in [1.29, 1.82) is 0 Å². The molecule has 0 aliphatic heterocycles. The second-order valence-corrected chi connectivity index (χ2v) is 7.50. The van der Waals surface area contributed by atoms with Gasteiger partial charge in [-0.1, -0.05) is 0 Å². The van der Waals surface area contributed by atoms with Crippen molar-refractivity contribution in [3.8, 4) is 28.7 Å². The number of nitrogens with zero attached hydrogens (tertiary/aromatic N) is 3. The van der Waals surface area contributed by atoms with Gasteiger partial charge in [-0.25, -0.2) is 0 Å². The number of hydrogen-bond donors (Lipinski definition) is 2. The number of methoxy groups -OCH3 is 3. The first kappa shape index (κ1) is 22.8. The monoisotopic (exact) mass is 463 g/mol. The van der Waals surface area contributed by atoms with Crippen LogP contribution >= 0.6 is 0 Å². The number of fused-ring (bicyclic) bond motifs is 1. The summed E-state index contributed by atoms with van der Waals surface area (Å²) in [6, 6.07) is 7.02. The fourth-order valence-corrected chi connectivity index (χ4v) is 3.42. The Labute approximate surface area is 196 Å². The first-order chi connectivity index (χ1) is 16.4. The van der Waals surface area contributed by atoms with Gasteiger partial charge in [0.1, 0.15) is 17.2 Å². The minimum absolute atomic E-state index is 0.0178. The quantitative estimate of drug-likeness (QED) is 0.403. The van der Waals surface area contributed by atoms with E-state index in [1.54, 1.807) is 50.9 Å². The molecule has 0 fully saturated rings. The van der Waals surface area contributed by atoms with Gasteiger partial charge in [-0.15, -0.1) is 0 Å². The van der Waals surface area contributed by atoms with Crippen LogP contribution in [0.1, 0.15) is 17.0 Å². The molecular formula is C24H25N5O5. The number of carbonyl (C=O) groups excluding carboxylic acids is 1. The van der Waals surface area contributed by atoms with Gasteiger partial charge in [-0.3, -0.25) is 19.9 Å². The van der Waals surface area contributed by atoms with E-state index in [1.165, 1.54) is 7.11 Å². The van der Waals surface area contributed by atoms with Crippen LogP contribution in [-0.2, 0) is 11.2 Å². The second-order valence-electron chi connectivity index (χ2n) is 7.50. The van der Waals surface area contributed by atoms with E-state index in [2.05, 4.69) is 25.5 Å². The number of H-pyrrole nitrogens is 1. The third-order valence-corrected chi connectivity index (χ3v) is 5.40. The van der Waals surface area contributed by atoms with Crippen LogP contribution in [0.5, 0.6) is 28.7 Å². The second kappa shape index (κ2) is 9.65. The number of hydrogen-bond acceptors (Lipinski definition) is 8. The van der Waals surface area contributed by atoms with Crippen molar-refractivity contribution in [2.24, 2.45) is 0 Å². The van der Waals surface area contributed by atoms with Gasteiger partial charge >= 0.3 is 0 Å². The number of nitrogens with one attached hydrogen (secondary N) is 2. The Hall–Kier alpha value is -4.34. The van der Waals surface area contributed by atoms with Gasteiger partial charge in [0.05, 0.1) is 45.2 Å². The van der Waals surface area contributed by atoms with Crippen molar-refractivity contribution >= 4 is 22.6 Å². The number of amides is 1. The summed E-state index contributed by atoms with van der Waals surface area (Å²) in [6.45, 7) is 3.77. The largest absolute Gasteiger partial charge is 0.495 e.